The Hall–Kier alpha value is -3.49. The first-order chi connectivity index (χ1) is 14.9. The molecule has 1 N–H and O–H groups in total. The first-order valence-corrected chi connectivity index (χ1v) is 9.66. The third-order valence-corrected chi connectivity index (χ3v) is 4.42. The normalized spacial score (nSPS) is 12.0. The number of hydrogen-bond acceptors (Lipinski definition) is 5. The fourth-order valence-electron chi connectivity index (χ4n) is 3.06. The Morgan fingerprint density at radius 3 is 2.22 bits per heavy atom. The summed E-state index contributed by atoms with van der Waals surface area (Å²) in [5.74, 6) is -0.394. The number of alkyl halides is 3. The summed E-state index contributed by atoms with van der Waals surface area (Å²) in [5, 5.41) is 2.69. The quantitative estimate of drug-likeness (QED) is 0.500. The van der Waals surface area contributed by atoms with E-state index in [4.69, 9.17) is 9.15 Å². The number of furan rings is 1. The minimum Gasteiger partial charge on any atom is -0.465 e. The van der Waals surface area contributed by atoms with E-state index >= 15 is 0 Å². The van der Waals surface area contributed by atoms with Crippen molar-refractivity contribution in [3.05, 3.63) is 59.4 Å². The number of amides is 1. The summed E-state index contributed by atoms with van der Waals surface area (Å²) in [6.07, 6.45) is -5.37. The fourth-order valence-corrected chi connectivity index (χ4v) is 3.06. The number of halogens is 3. The van der Waals surface area contributed by atoms with Crippen LogP contribution in [-0.4, -0.2) is 24.8 Å². The Morgan fingerprint density at radius 1 is 1.00 bits per heavy atom. The lowest BCUT2D eigenvalue weighted by Crippen LogP contribution is -2.32. The summed E-state index contributed by atoms with van der Waals surface area (Å²) in [6, 6.07) is 10.0. The van der Waals surface area contributed by atoms with Crippen LogP contribution in [0, 0.1) is 0 Å². The molecule has 0 bridgehead atoms. The molecule has 170 valence electrons. The molecule has 0 saturated carbocycles. The maximum absolute atomic E-state index is 13.7. The number of benzene rings is 2. The second-order valence-corrected chi connectivity index (χ2v) is 8.08. The van der Waals surface area contributed by atoms with Crippen LogP contribution in [0.15, 0.2) is 46.9 Å². The molecule has 0 radical (unpaired) electrons. The molecular formula is C23H22F3NO5. The number of hydrogen-bond donors (Lipinski definition) is 1. The highest BCUT2D eigenvalue weighted by molar-refractivity contribution is 5.91. The number of methoxy groups -OCH3 is 1. The van der Waals surface area contributed by atoms with E-state index in [1.54, 1.807) is 39.0 Å². The molecule has 0 aliphatic carbocycles. The molecule has 2 aromatic carbocycles. The number of fused-ring (bicyclic) bond motifs is 1. The van der Waals surface area contributed by atoms with E-state index in [-0.39, 0.29) is 28.8 Å². The topological polar surface area (TPSA) is 77.8 Å². The van der Waals surface area contributed by atoms with Crippen molar-refractivity contribution in [2.75, 3.05) is 7.11 Å². The summed E-state index contributed by atoms with van der Waals surface area (Å²) in [4.78, 5) is 23.4. The molecule has 0 aliphatic heterocycles. The SMILES string of the molecule is COC(=O)c1ccc(-c2cc(C(F)(F)F)c3oc(CNC(=O)OC(C)(C)C)cc3c2)cc1. The maximum atomic E-state index is 13.7. The van der Waals surface area contributed by atoms with Crippen molar-refractivity contribution in [3.8, 4) is 11.1 Å². The molecule has 0 spiro atoms. The van der Waals surface area contributed by atoms with Crippen molar-refractivity contribution in [3.63, 3.8) is 0 Å². The summed E-state index contributed by atoms with van der Waals surface area (Å²) in [6.45, 7) is 4.96. The van der Waals surface area contributed by atoms with Crippen LogP contribution in [-0.2, 0) is 22.2 Å². The zero-order valence-corrected chi connectivity index (χ0v) is 17.9. The van der Waals surface area contributed by atoms with Crippen molar-refractivity contribution in [1.82, 2.24) is 5.32 Å². The Bertz CT molecular complexity index is 1140. The molecule has 6 nitrogen and oxygen atoms in total. The van der Waals surface area contributed by atoms with E-state index in [9.17, 15) is 22.8 Å². The monoisotopic (exact) mass is 449 g/mol. The van der Waals surface area contributed by atoms with E-state index in [1.807, 2.05) is 0 Å². The average molecular weight is 449 g/mol. The highest BCUT2D eigenvalue weighted by atomic mass is 19.4. The molecule has 32 heavy (non-hydrogen) atoms. The third-order valence-electron chi connectivity index (χ3n) is 4.42. The van der Waals surface area contributed by atoms with Crippen molar-refractivity contribution < 1.29 is 36.7 Å². The summed E-state index contributed by atoms with van der Waals surface area (Å²) in [5.41, 5.74) is -0.903. The van der Waals surface area contributed by atoms with Crippen molar-refractivity contribution in [2.45, 2.75) is 39.1 Å². The average Bonchev–Trinajstić information content (AvgIpc) is 3.12. The van der Waals surface area contributed by atoms with Gasteiger partial charge in [0, 0.05) is 5.39 Å². The molecule has 3 aromatic rings. The number of ether oxygens (including phenoxy) is 2. The minimum atomic E-state index is -4.66. The number of carbonyl (C=O) groups excluding carboxylic acids is 2. The lowest BCUT2D eigenvalue weighted by atomic mass is 9.99. The number of esters is 1. The summed E-state index contributed by atoms with van der Waals surface area (Å²) in [7, 11) is 1.24. The lowest BCUT2D eigenvalue weighted by Gasteiger charge is -2.19. The van der Waals surface area contributed by atoms with Gasteiger partial charge in [0.05, 0.1) is 24.8 Å². The van der Waals surface area contributed by atoms with E-state index in [1.165, 1.54) is 25.3 Å². The molecule has 9 heteroatoms. The third kappa shape index (κ3) is 5.40. The molecule has 0 fully saturated rings. The van der Waals surface area contributed by atoms with Crippen LogP contribution in [0.2, 0.25) is 0 Å². The van der Waals surface area contributed by atoms with Gasteiger partial charge in [-0.2, -0.15) is 13.2 Å². The van der Waals surface area contributed by atoms with Gasteiger partial charge in [-0.3, -0.25) is 0 Å². The predicted molar refractivity (Wildman–Crippen MR) is 111 cm³/mol. The molecular weight excluding hydrogens is 427 g/mol. The molecule has 0 aliphatic rings. The van der Waals surface area contributed by atoms with Crippen LogP contribution in [0.1, 0.15) is 42.5 Å². The van der Waals surface area contributed by atoms with E-state index < -0.39 is 29.4 Å². The molecule has 1 amide bonds. The van der Waals surface area contributed by atoms with Crippen LogP contribution in [0.5, 0.6) is 0 Å². The number of alkyl carbamates (subject to hydrolysis) is 1. The number of nitrogens with one attached hydrogen (secondary N) is 1. The van der Waals surface area contributed by atoms with Crippen molar-refractivity contribution in [1.29, 1.82) is 0 Å². The Labute approximate surface area is 182 Å². The van der Waals surface area contributed by atoms with Gasteiger partial charge in [0.2, 0.25) is 0 Å². The first kappa shape index (κ1) is 23.2. The summed E-state index contributed by atoms with van der Waals surface area (Å²) < 4.78 is 56.3. The first-order valence-electron chi connectivity index (χ1n) is 9.66. The minimum absolute atomic E-state index is 0.135. The van der Waals surface area contributed by atoms with Crippen molar-refractivity contribution in [2.24, 2.45) is 0 Å². The van der Waals surface area contributed by atoms with Crippen LogP contribution in [0.25, 0.3) is 22.1 Å². The van der Waals surface area contributed by atoms with Gasteiger partial charge in [-0.25, -0.2) is 9.59 Å². The van der Waals surface area contributed by atoms with E-state index in [0.29, 0.717) is 11.1 Å². The van der Waals surface area contributed by atoms with Crippen LogP contribution < -0.4 is 5.32 Å². The number of carbonyl (C=O) groups is 2. The number of rotatable bonds is 4. The van der Waals surface area contributed by atoms with E-state index in [0.717, 1.165) is 6.07 Å². The molecule has 1 heterocycles. The van der Waals surface area contributed by atoms with Gasteiger partial charge in [-0.15, -0.1) is 0 Å². The zero-order chi connectivity index (χ0) is 23.7. The molecule has 0 saturated heterocycles. The summed E-state index contributed by atoms with van der Waals surface area (Å²) >= 11 is 0. The Morgan fingerprint density at radius 2 is 1.66 bits per heavy atom. The molecule has 0 atom stereocenters. The van der Waals surface area contributed by atoms with Gasteiger partial charge < -0.3 is 19.2 Å². The predicted octanol–water partition coefficient (Wildman–Crippen LogP) is 5.93. The molecule has 1 aromatic heterocycles. The Kier molecular flexibility index (Phi) is 6.20. The zero-order valence-electron chi connectivity index (χ0n) is 17.9. The maximum Gasteiger partial charge on any atom is 0.420 e. The van der Waals surface area contributed by atoms with Gasteiger partial charge in [0.15, 0.2) is 0 Å². The second kappa shape index (κ2) is 8.57. The Balaban J connectivity index is 1.95. The molecule has 3 rings (SSSR count). The van der Waals surface area contributed by atoms with Gasteiger partial charge in [0.1, 0.15) is 16.9 Å². The highest BCUT2D eigenvalue weighted by Gasteiger charge is 2.35. The van der Waals surface area contributed by atoms with Gasteiger partial charge in [0.25, 0.3) is 0 Å². The lowest BCUT2D eigenvalue weighted by molar-refractivity contribution is -0.136. The van der Waals surface area contributed by atoms with Gasteiger partial charge >= 0.3 is 18.2 Å². The smallest absolute Gasteiger partial charge is 0.420 e. The van der Waals surface area contributed by atoms with Crippen LogP contribution >= 0.6 is 0 Å². The van der Waals surface area contributed by atoms with Crippen LogP contribution in [0.3, 0.4) is 0 Å². The van der Waals surface area contributed by atoms with Gasteiger partial charge in [-0.1, -0.05) is 12.1 Å². The second-order valence-electron chi connectivity index (χ2n) is 8.08. The standard InChI is InChI=1S/C23H22F3NO5/c1-22(2,3)32-21(29)27-12-17-10-16-9-15(11-18(19(16)31-17)23(24,25)26)13-5-7-14(8-6-13)20(28)30-4/h5-11H,12H2,1-4H3,(H,27,29). The van der Waals surface area contributed by atoms with Crippen molar-refractivity contribution >= 4 is 23.0 Å². The fraction of sp³-hybridized carbons (Fsp3) is 0.304. The largest absolute Gasteiger partial charge is 0.465 e. The van der Waals surface area contributed by atoms with Gasteiger partial charge in [-0.05, 0) is 62.2 Å². The molecule has 0 unspecified atom stereocenters. The van der Waals surface area contributed by atoms with Crippen LogP contribution in [0.4, 0.5) is 18.0 Å². The highest BCUT2D eigenvalue weighted by Crippen LogP contribution is 2.39. The van der Waals surface area contributed by atoms with E-state index in [2.05, 4.69) is 10.1 Å².